The Balaban J connectivity index is 2.76. The number of hydrogen-bond donors (Lipinski definition) is 1. The van der Waals surface area contributed by atoms with Gasteiger partial charge >= 0.3 is 18.1 Å². The van der Waals surface area contributed by atoms with Gasteiger partial charge < -0.3 is 10.1 Å². The standard InChI is InChI=1S/C12H12F3NO3/c1-7(16-11(18)12(13,14)15)8-3-5-9(6-4-8)10(17)19-2/h3-7H,1-2H3,(H,16,18)/t7-/m1/s1. The summed E-state index contributed by atoms with van der Waals surface area (Å²) < 4.78 is 40.7. The van der Waals surface area contributed by atoms with Crippen molar-refractivity contribution in [3.63, 3.8) is 0 Å². The molecule has 1 amide bonds. The van der Waals surface area contributed by atoms with Crippen molar-refractivity contribution in [2.75, 3.05) is 7.11 Å². The maximum atomic E-state index is 12.1. The molecule has 19 heavy (non-hydrogen) atoms. The Morgan fingerprint density at radius 3 is 2.16 bits per heavy atom. The average Bonchev–Trinajstić information content (AvgIpc) is 2.36. The molecular formula is C12H12F3NO3. The monoisotopic (exact) mass is 275 g/mol. The molecule has 0 radical (unpaired) electrons. The summed E-state index contributed by atoms with van der Waals surface area (Å²) in [5, 5.41) is 1.82. The van der Waals surface area contributed by atoms with Gasteiger partial charge in [-0.1, -0.05) is 12.1 Å². The first kappa shape index (κ1) is 15.0. The van der Waals surface area contributed by atoms with Gasteiger partial charge in [0.15, 0.2) is 0 Å². The molecule has 0 aliphatic carbocycles. The number of alkyl halides is 3. The third kappa shape index (κ3) is 3.97. The summed E-state index contributed by atoms with van der Waals surface area (Å²) in [6.07, 6.45) is -4.92. The van der Waals surface area contributed by atoms with Crippen LogP contribution in [-0.2, 0) is 9.53 Å². The fourth-order valence-electron chi connectivity index (χ4n) is 1.39. The van der Waals surface area contributed by atoms with E-state index in [0.29, 0.717) is 5.56 Å². The molecule has 0 spiro atoms. The Labute approximate surface area is 107 Å². The van der Waals surface area contributed by atoms with E-state index in [1.165, 1.54) is 38.3 Å². The molecule has 0 aliphatic heterocycles. The van der Waals surface area contributed by atoms with Crippen molar-refractivity contribution in [1.29, 1.82) is 0 Å². The van der Waals surface area contributed by atoms with Crippen molar-refractivity contribution in [3.8, 4) is 0 Å². The number of nitrogens with one attached hydrogen (secondary N) is 1. The maximum absolute atomic E-state index is 12.1. The number of hydrogen-bond acceptors (Lipinski definition) is 3. The van der Waals surface area contributed by atoms with Gasteiger partial charge in [-0.2, -0.15) is 13.2 Å². The normalized spacial score (nSPS) is 12.7. The summed E-state index contributed by atoms with van der Waals surface area (Å²) in [6.45, 7) is 1.41. The summed E-state index contributed by atoms with van der Waals surface area (Å²) in [5.74, 6) is -2.55. The summed E-state index contributed by atoms with van der Waals surface area (Å²) in [7, 11) is 1.22. The molecule has 0 aliphatic rings. The Bertz CT molecular complexity index is 468. The Morgan fingerprint density at radius 1 is 1.21 bits per heavy atom. The van der Waals surface area contributed by atoms with Crippen LogP contribution in [0, 0.1) is 0 Å². The van der Waals surface area contributed by atoms with Gasteiger partial charge in [-0.3, -0.25) is 4.79 Å². The van der Waals surface area contributed by atoms with E-state index in [1.54, 1.807) is 0 Å². The van der Waals surface area contributed by atoms with E-state index in [0.717, 1.165) is 0 Å². The van der Waals surface area contributed by atoms with Gasteiger partial charge in [0.05, 0.1) is 18.7 Å². The average molecular weight is 275 g/mol. The molecule has 0 heterocycles. The first-order chi connectivity index (χ1) is 8.75. The largest absolute Gasteiger partial charge is 0.471 e. The van der Waals surface area contributed by atoms with Crippen LogP contribution in [0.5, 0.6) is 0 Å². The first-order valence-electron chi connectivity index (χ1n) is 5.31. The molecule has 1 N–H and O–H groups in total. The Hall–Kier alpha value is -2.05. The lowest BCUT2D eigenvalue weighted by Gasteiger charge is -2.15. The van der Waals surface area contributed by atoms with Crippen LogP contribution in [0.15, 0.2) is 24.3 Å². The minimum atomic E-state index is -4.92. The van der Waals surface area contributed by atoms with E-state index in [4.69, 9.17) is 0 Å². The molecule has 0 bridgehead atoms. The lowest BCUT2D eigenvalue weighted by Crippen LogP contribution is -2.38. The quantitative estimate of drug-likeness (QED) is 0.860. The molecule has 1 aromatic carbocycles. The highest BCUT2D eigenvalue weighted by atomic mass is 19.4. The van der Waals surface area contributed by atoms with Crippen molar-refractivity contribution < 1.29 is 27.5 Å². The van der Waals surface area contributed by atoms with Crippen molar-refractivity contribution >= 4 is 11.9 Å². The van der Waals surface area contributed by atoms with Gasteiger partial charge in [0, 0.05) is 0 Å². The van der Waals surface area contributed by atoms with E-state index < -0.39 is 24.1 Å². The fraction of sp³-hybridized carbons (Fsp3) is 0.333. The van der Waals surface area contributed by atoms with Crippen LogP contribution in [0.2, 0.25) is 0 Å². The number of methoxy groups -OCH3 is 1. The molecule has 1 rings (SSSR count). The smallest absolute Gasteiger partial charge is 0.465 e. The zero-order valence-corrected chi connectivity index (χ0v) is 10.2. The highest BCUT2D eigenvalue weighted by Crippen LogP contribution is 2.19. The molecule has 0 fully saturated rings. The number of amides is 1. The summed E-state index contributed by atoms with van der Waals surface area (Å²) in [6, 6.07) is 4.91. The number of ether oxygens (including phenoxy) is 1. The molecule has 0 aromatic heterocycles. The lowest BCUT2D eigenvalue weighted by atomic mass is 10.1. The van der Waals surface area contributed by atoms with Crippen LogP contribution in [0.1, 0.15) is 28.9 Å². The first-order valence-corrected chi connectivity index (χ1v) is 5.31. The zero-order chi connectivity index (χ0) is 14.6. The number of rotatable bonds is 3. The van der Waals surface area contributed by atoms with Crippen LogP contribution in [0.3, 0.4) is 0 Å². The van der Waals surface area contributed by atoms with E-state index in [1.807, 2.05) is 5.32 Å². The van der Waals surface area contributed by atoms with E-state index >= 15 is 0 Å². The molecule has 104 valence electrons. The number of benzene rings is 1. The van der Waals surface area contributed by atoms with Gasteiger partial charge in [-0.05, 0) is 24.6 Å². The number of carbonyl (C=O) groups excluding carboxylic acids is 2. The SMILES string of the molecule is COC(=O)c1ccc([C@@H](C)NC(=O)C(F)(F)F)cc1. The predicted molar refractivity (Wildman–Crippen MR) is 60.4 cm³/mol. The number of esters is 1. The van der Waals surface area contributed by atoms with Gasteiger partial charge in [-0.25, -0.2) is 4.79 Å². The molecule has 0 saturated heterocycles. The van der Waals surface area contributed by atoms with Crippen molar-refractivity contribution in [2.24, 2.45) is 0 Å². The fourth-order valence-corrected chi connectivity index (χ4v) is 1.39. The Morgan fingerprint density at radius 2 is 1.74 bits per heavy atom. The van der Waals surface area contributed by atoms with Gasteiger partial charge in [0.2, 0.25) is 0 Å². The Kier molecular flexibility index (Phi) is 4.52. The molecule has 4 nitrogen and oxygen atoms in total. The van der Waals surface area contributed by atoms with Gasteiger partial charge in [0.1, 0.15) is 0 Å². The molecular weight excluding hydrogens is 263 g/mol. The summed E-state index contributed by atoms with van der Waals surface area (Å²) in [5.41, 5.74) is 0.728. The van der Waals surface area contributed by atoms with E-state index in [9.17, 15) is 22.8 Å². The van der Waals surface area contributed by atoms with Crippen molar-refractivity contribution in [3.05, 3.63) is 35.4 Å². The molecule has 0 saturated carbocycles. The topological polar surface area (TPSA) is 55.4 Å². The second-order valence-electron chi connectivity index (χ2n) is 3.81. The van der Waals surface area contributed by atoms with Crippen LogP contribution >= 0.6 is 0 Å². The van der Waals surface area contributed by atoms with E-state index in [-0.39, 0.29) is 5.56 Å². The second kappa shape index (κ2) is 5.73. The summed E-state index contributed by atoms with van der Waals surface area (Å²) in [4.78, 5) is 21.9. The minimum absolute atomic E-state index is 0.278. The summed E-state index contributed by atoms with van der Waals surface area (Å²) >= 11 is 0. The van der Waals surface area contributed by atoms with Crippen molar-refractivity contribution in [1.82, 2.24) is 5.32 Å². The van der Waals surface area contributed by atoms with Gasteiger partial charge in [-0.15, -0.1) is 0 Å². The van der Waals surface area contributed by atoms with Crippen LogP contribution < -0.4 is 5.32 Å². The third-order valence-corrected chi connectivity index (χ3v) is 2.44. The zero-order valence-electron chi connectivity index (χ0n) is 10.2. The number of carbonyl (C=O) groups is 2. The minimum Gasteiger partial charge on any atom is -0.465 e. The predicted octanol–water partition coefficient (Wildman–Crippen LogP) is 2.21. The number of halogens is 3. The van der Waals surface area contributed by atoms with Gasteiger partial charge in [0.25, 0.3) is 0 Å². The molecule has 7 heteroatoms. The highest BCUT2D eigenvalue weighted by Gasteiger charge is 2.39. The highest BCUT2D eigenvalue weighted by molar-refractivity contribution is 5.89. The molecule has 0 unspecified atom stereocenters. The van der Waals surface area contributed by atoms with E-state index in [2.05, 4.69) is 4.74 Å². The lowest BCUT2D eigenvalue weighted by molar-refractivity contribution is -0.174. The van der Waals surface area contributed by atoms with Crippen LogP contribution in [0.25, 0.3) is 0 Å². The van der Waals surface area contributed by atoms with Crippen molar-refractivity contribution in [2.45, 2.75) is 19.1 Å². The third-order valence-electron chi connectivity index (χ3n) is 2.44. The molecule has 1 aromatic rings. The molecule has 1 atom stereocenters. The second-order valence-corrected chi connectivity index (χ2v) is 3.81. The van der Waals surface area contributed by atoms with Crippen LogP contribution in [-0.4, -0.2) is 25.2 Å². The van der Waals surface area contributed by atoms with Crippen LogP contribution in [0.4, 0.5) is 13.2 Å². The maximum Gasteiger partial charge on any atom is 0.471 e.